The van der Waals surface area contributed by atoms with Crippen LogP contribution in [0.1, 0.15) is 6.92 Å². The quantitative estimate of drug-likeness (QED) is 0.615. The number of nitrogens with zero attached hydrogens (tertiary/aromatic N) is 2. The first kappa shape index (κ1) is 10.7. The van der Waals surface area contributed by atoms with Crippen LogP contribution < -0.4 is 9.80 Å². The Bertz CT molecular complexity index is 415. The topological polar surface area (TPSA) is 40.6 Å². The molecule has 0 atom stereocenters. The van der Waals surface area contributed by atoms with E-state index >= 15 is 0 Å². The lowest BCUT2D eigenvalue weighted by atomic mass is 10.1. The van der Waals surface area contributed by atoms with Crippen LogP contribution in [0.2, 0.25) is 0 Å². The molecule has 1 aliphatic rings. The Hall–Kier alpha value is -1.84. The molecule has 1 aliphatic heterocycles. The Morgan fingerprint density at radius 1 is 0.938 bits per heavy atom. The minimum Gasteiger partial charge on any atom is -0.313 e. The van der Waals surface area contributed by atoms with E-state index in [1.807, 2.05) is 24.3 Å². The summed E-state index contributed by atoms with van der Waals surface area (Å²) >= 11 is 0. The van der Waals surface area contributed by atoms with E-state index in [0.29, 0.717) is 0 Å². The third-order valence-corrected chi connectivity index (χ3v) is 3.01. The van der Waals surface area contributed by atoms with Gasteiger partial charge in [0.05, 0.1) is 11.4 Å². The molecule has 0 bridgehead atoms. The van der Waals surface area contributed by atoms with E-state index in [0.717, 1.165) is 11.4 Å². The maximum Gasteiger partial charge on any atom is 0.239 e. The van der Waals surface area contributed by atoms with Gasteiger partial charge in [0, 0.05) is 14.1 Å². The van der Waals surface area contributed by atoms with Crippen LogP contribution in [0.3, 0.4) is 0 Å². The maximum absolute atomic E-state index is 11.9. The molecule has 2 rings (SSSR count). The summed E-state index contributed by atoms with van der Waals surface area (Å²) in [7, 11) is 3.40. The van der Waals surface area contributed by atoms with Crippen LogP contribution in [0.15, 0.2) is 24.3 Å². The van der Waals surface area contributed by atoms with Gasteiger partial charge in [0.1, 0.15) is 5.92 Å². The zero-order chi connectivity index (χ0) is 11.9. The highest BCUT2D eigenvalue weighted by Gasteiger charge is 2.33. The van der Waals surface area contributed by atoms with Crippen LogP contribution in [0, 0.1) is 5.92 Å². The van der Waals surface area contributed by atoms with Crippen LogP contribution in [-0.2, 0) is 9.59 Å². The van der Waals surface area contributed by atoms with Gasteiger partial charge in [0.2, 0.25) is 11.8 Å². The number of hydrogen-bond donors (Lipinski definition) is 0. The summed E-state index contributed by atoms with van der Waals surface area (Å²) < 4.78 is 0. The van der Waals surface area contributed by atoms with E-state index in [1.54, 1.807) is 30.8 Å². The molecular formula is C12H14N2O2. The fourth-order valence-corrected chi connectivity index (χ4v) is 1.96. The van der Waals surface area contributed by atoms with E-state index in [9.17, 15) is 9.59 Å². The van der Waals surface area contributed by atoms with Crippen molar-refractivity contribution in [2.45, 2.75) is 6.92 Å². The molecule has 0 spiro atoms. The van der Waals surface area contributed by atoms with Gasteiger partial charge < -0.3 is 9.80 Å². The van der Waals surface area contributed by atoms with Crippen molar-refractivity contribution >= 4 is 23.2 Å². The summed E-state index contributed by atoms with van der Waals surface area (Å²) in [4.78, 5) is 27.0. The van der Waals surface area contributed by atoms with Gasteiger partial charge in [-0.2, -0.15) is 0 Å². The molecule has 0 N–H and O–H groups in total. The number of fused-ring (bicyclic) bond motifs is 1. The van der Waals surface area contributed by atoms with Crippen molar-refractivity contribution in [1.82, 2.24) is 0 Å². The highest BCUT2D eigenvalue weighted by atomic mass is 16.2. The number of carbonyl (C=O) groups is 2. The van der Waals surface area contributed by atoms with E-state index in [2.05, 4.69) is 0 Å². The van der Waals surface area contributed by atoms with Gasteiger partial charge in [0.25, 0.3) is 0 Å². The van der Waals surface area contributed by atoms with Crippen LogP contribution in [0.4, 0.5) is 11.4 Å². The summed E-state index contributed by atoms with van der Waals surface area (Å²) in [5.41, 5.74) is 1.54. The molecule has 1 heterocycles. The number of anilines is 2. The van der Waals surface area contributed by atoms with Gasteiger partial charge in [-0.25, -0.2) is 0 Å². The Kier molecular flexibility index (Phi) is 2.42. The lowest BCUT2D eigenvalue weighted by molar-refractivity contribution is -0.130. The molecule has 84 valence electrons. The van der Waals surface area contributed by atoms with Gasteiger partial charge in [-0.15, -0.1) is 0 Å². The molecule has 0 saturated carbocycles. The largest absolute Gasteiger partial charge is 0.313 e. The van der Waals surface area contributed by atoms with Crippen molar-refractivity contribution in [3.8, 4) is 0 Å². The standard InChI is InChI=1S/C12H14N2O2/c1-8-11(15)13(2)9-6-4-5-7-10(9)14(3)12(8)16/h4-8H,1-3H3. The van der Waals surface area contributed by atoms with Crippen molar-refractivity contribution < 1.29 is 9.59 Å². The zero-order valence-electron chi connectivity index (χ0n) is 9.60. The lowest BCUT2D eigenvalue weighted by Crippen LogP contribution is -2.37. The van der Waals surface area contributed by atoms with Gasteiger partial charge in [-0.05, 0) is 19.1 Å². The third-order valence-electron chi connectivity index (χ3n) is 3.01. The van der Waals surface area contributed by atoms with Crippen molar-refractivity contribution in [3.63, 3.8) is 0 Å². The molecule has 0 unspecified atom stereocenters. The molecule has 0 aliphatic carbocycles. The Balaban J connectivity index is 2.62. The van der Waals surface area contributed by atoms with Crippen LogP contribution in [0.5, 0.6) is 0 Å². The molecule has 16 heavy (non-hydrogen) atoms. The van der Waals surface area contributed by atoms with E-state index in [-0.39, 0.29) is 11.8 Å². The minimum absolute atomic E-state index is 0.165. The van der Waals surface area contributed by atoms with Crippen molar-refractivity contribution in [2.75, 3.05) is 23.9 Å². The SMILES string of the molecule is CC1C(=O)N(C)c2ccccc2N(C)C1=O. The summed E-state index contributed by atoms with van der Waals surface area (Å²) in [5, 5.41) is 0. The molecule has 1 aromatic carbocycles. The second kappa shape index (κ2) is 3.63. The van der Waals surface area contributed by atoms with Crippen LogP contribution in [0.25, 0.3) is 0 Å². The van der Waals surface area contributed by atoms with Crippen LogP contribution in [-0.4, -0.2) is 25.9 Å². The highest BCUT2D eigenvalue weighted by molar-refractivity contribution is 6.16. The average Bonchev–Trinajstić information content (AvgIpc) is 2.38. The fourth-order valence-electron chi connectivity index (χ4n) is 1.96. The van der Waals surface area contributed by atoms with Crippen molar-refractivity contribution in [2.24, 2.45) is 5.92 Å². The first-order chi connectivity index (χ1) is 7.54. The predicted molar refractivity (Wildman–Crippen MR) is 62.4 cm³/mol. The van der Waals surface area contributed by atoms with Crippen molar-refractivity contribution in [3.05, 3.63) is 24.3 Å². The number of rotatable bonds is 0. The molecule has 0 aromatic heterocycles. The van der Waals surface area contributed by atoms with E-state index in [4.69, 9.17) is 0 Å². The maximum atomic E-state index is 11.9. The first-order valence-electron chi connectivity index (χ1n) is 5.18. The molecule has 0 radical (unpaired) electrons. The number of amides is 2. The third kappa shape index (κ3) is 1.38. The first-order valence-corrected chi connectivity index (χ1v) is 5.18. The molecule has 0 fully saturated rings. The predicted octanol–water partition coefficient (Wildman–Crippen LogP) is 1.26. The van der Waals surface area contributed by atoms with Gasteiger partial charge in [0.15, 0.2) is 0 Å². The zero-order valence-corrected chi connectivity index (χ0v) is 9.60. The summed E-state index contributed by atoms with van der Waals surface area (Å²) in [6.45, 7) is 1.64. The number of hydrogen-bond acceptors (Lipinski definition) is 2. The smallest absolute Gasteiger partial charge is 0.239 e. The number of benzene rings is 1. The van der Waals surface area contributed by atoms with Crippen molar-refractivity contribution in [1.29, 1.82) is 0 Å². The fraction of sp³-hybridized carbons (Fsp3) is 0.333. The van der Waals surface area contributed by atoms with Crippen LogP contribution >= 0.6 is 0 Å². The normalized spacial score (nSPS) is 17.4. The van der Waals surface area contributed by atoms with Gasteiger partial charge >= 0.3 is 0 Å². The number of carbonyl (C=O) groups excluding carboxylic acids is 2. The van der Waals surface area contributed by atoms with Gasteiger partial charge in [-0.3, -0.25) is 9.59 Å². The molecule has 1 aromatic rings. The minimum atomic E-state index is -0.623. The Labute approximate surface area is 94.5 Å². The van der Waals surface area contributed by atoms with Gasteiger partial charge in [-0.1, -0.05) is 12.1 Å². The van der Waals surface area contributed by atoms with E-state index < -0.39 is 5.92 Å². The molecule has 2 amide bonds. The summed E-state index contributed by atoms with van der Waals surface area (Å²) in [5.74, 6) is -0.953. The number of para-hydroxylation sites is 2. The molecule has 4 nitrogen and oxygen atoms in total. The Morgan fingerprint density at radius 3 is 1.69 bits per heavy atom. The molecule has 0 saturated heterocycles. The second-order valence-corrected chi connectivity index (χ2v) is 4.00. The monoisotopic (exact) mass is 218 g/mol. The summed E-state index contributed by atoms with van der Waals surface area (Å²) in [6.07, 6.45) is 0. The summed E-state index contributed by atoms with van der Waals surface area (Å²) in [6, 6.07) is 7.40. The molecule has 4 heteroatoms. The van der Waals surface area contributed by atoms with E-state index in [1.165, 1.54) is 0 Å². The Morgan fingerprint density at radius 2 is 1.31 bits per heavy atom. The second-order valence-electron chi connectivity index (χ2n) is 4.00. The lowest BCUT2D eigenvalue weighted by Gasteiger charge is -2.19. The highest BCUT2D eigenvalue weighted by Crippen LogP contribution is 2.32. The average molecular weight is 218 g/mol. The molecular weight excluding hydrogens is 204 g/mol.